The van der Waals surface area contributed by atoms with Crippen LogP contribution in [0, 0.1) is 0 Å². The number of rotatable bonds is 7. The monoisotopic (exact) mass is 511 g/mol. The van der Waals surface area contributed by atoms with E-state index in [2.05, 4.69) is 20.3 Å². The summed E-state index contributed by atoms with van der Waals surface area (Å²) in [5, 5.41) is 4.67. The van der Waals surface area contributed by atoms with E-state index in [1.54, 1.807) is 18.3 Å². The summed E-state index contributed by atoms with van der Waals surface area (Å²) in [5.41, 5.74) is 3.96. The third-order valence-electron chi connectivity index (χ3n) is 6.56. The highest BCUT2D eigenvalue weighted by Crippen LogP contribution is 2.23. The number of nitrogens with zero attached hydrogens (tertiary/aromatic N) is 3. The van der Waals surface area contributed by atoms with Crippen LogP contribution in [0.4, 0.5) is 5.95 Å². The molecule has 0 aliphatic heterocycles. The number of benzene rings is 4. The topological polar surface area (TPSA) is 91.0 Å². The molecule has 2 heterocycles. The van der Waals surface area contributed by atoms with Crippen molar-refractivity contribution in [1.82, 2.24) is 19.9 Å². The highest BCUT2D eigenvalue weighted by atomic mass is 16.2. The van der Waals surface area contributed by atoms with E-state index < -0.39 is 0 Å². The fourth-order valence-electron chi connectivity index (χ4n) is 4.62. The van der Waals surface area contributed by atoms with Crippen molar-refractivity contribution in [2.45, 2.75) is 13.1 Å². The SMILES string of the molecule is O=C(Nc1nc2c(C(=O)N(Cc3ccccc3)Cc3ccccc3)cccc2[nH]1)c1cc2ccccc2cn1. The van der Waals surface area contributed by atoms with Gasteiger partial charge in [-0.3, -0.25) is 19.9 Å². The Labute approximate surface area is 225 Å². The molecule has 0 spiro atoms. The van der Waals surface area contributed by atoms with Crippen LogP contribution in [0.3, 0.4) is 0 Å². The fourth-order valence-corrected chi connectivity index (χ4v) is 4.62. The molecule has 4 aromatic carbocycles. The molecule has 0 fully saturated rings. The Morgan fingerprint density at radius 1 is 0.744 bits per heavy atom. The zero-order chi connectivity index (χ0) is 26.6. The summed E-state index contributed by atoms with van der Waals surface area (Å²) in [6.45, 7) is 0.902. The number of para-hydroxylation sites is 1. The van der Waals surface area contributed by atoms with Gasteiger partial charge in [0.2, 0.25) is 5.95 Å². The number of carbonyl (C=O) groups is 2. The minimum Gasteiger partial charge on any atom is -0.330 e. The van der Waals surface area contributed by atoms with Crippen molar-refractivity contribution < 1.29 is 9.59 Å². The number of aromatic nitrogens is 3. The summed E-state index contributed by atoms with van der Waals surface area (Å²) in [4.78, 5) is 40.7. The number of nitrogens with one attached hydrogen (secondary N) is 2. The fraction of sp³-hybridized carbons (Fsp3) is 0.0625. The lowest BCUT2D eigenvalue weighted by atomic mass is 10.1. The van der Waals surface area contributed by atoms with Crippen molar-refractivity contribution in [1.29, 1.82) is 0 Å². The standard InChI is InChI=1S/C32H25N5O2/c38-30(28-18-24-14-7-8-15-25(24)19-33-28)36-32-34-27-17-9-16-26(29(27)35-32)31(39)37(20-22-10-3-1-4-11-22)21-23-12-5-2-6-13-23/h1-19H,20-21H2,(H2,34,35,36,38). The van der Waals surface area contributed by atoms with Gasteiger partial charge in [-0.2, -0.15) is 0 Å². The maximum Gasteiger partial charge on any atom is 0.276 e. The summed E-state index contributed by atoms with van der Waals surface area (Å²) in [7, 11) is 0. The third kappa shape index (κ3) is 5.24. The lowest BCUT2D eigenvalue weighted by Gasteiger charge is -2.23. The number of fused-ring (bicyclic) bond motifs is 2. The van der Waals surface area contributed by atoms with E-state index >= 15 is 0 Å². The lowest BCUT2D eigenvalue weighted by Crippen LogP contribution is -2.30. The van der Waals surface area contributed by atoms with Crippen LogP contribution in [0.2, 0.25) is 0 Å². The van der Waals surface area contributed by atoms with E-state index in [1.807, 2.05) is 102 Å². The second-order valence-corrected chi connectivity index (χ2v) is 9.29. The number of anilines is 1. The van der Waals surface area contributed by atoms with Gasteiger partial charge in [0, 0.05) is 24.7 Å². The molecule has 7 nitrogen and oxygen atoms in total. The molecule has 6 aromatic rings. The summed E-state index contributed by atoms with van der Waals surface area (Å²) in [6, 6.07) is 34.7. The summed E-state index contributed by atoms with van der Waals surface area (Å²) >= 11 is 0. The molecular weight excluding hydrogens is 486 g/mol. The Bertz CT molecular complexity index is 1740. The first-order valence-corrected chi connectivity index (χ1v) is 12.7. The molecule has 2 amide bonds. The molecule has 0 radical (unpaired) electrons. The molecule has 0 aliphatic carbocycles. The van der Waals surface area contributed by atoms with Crippen LogP contribution in [0.5, 0.6) is 0 Å². The number of imidazole rings is 1. The number of hydrogen-bond acceptors (Lipinski definition) is 4. The minimum absolute atomic E-state index is 0.145. The maximum absolute atomic E-state index is 13.9. The van der Waals surface area contributed by atoms with Gasteiger partial charge in [0.05, 0.1) is 11.1 Å². The molecule has 0 bridgehead atoms. The molecule has 7 heteroatoms. The first-order chi connectivity index (χ1) is 19.1. The van der Waals surface area contributed by atoms with Crippen molar-refractivity contribution in [3.05, 3.63) is 138 Å². The van der Waals surface area contributed by atoms with Gasteiger partial charge in [-0.25, -0.2) is 4.98 Å². The molecule has 190 valence electrons. The summed E-state index contributed by atoms with van der Waals surface area (Å²) in [5.74, 6) is -0.278. The second kappa shape index (κ2) is 10.6. The Hall–Kier alpha value is -5.30. The van der Waals surface area contributed by atoms with Crippen molar-refractivity contribution >= 4 is 39.6 Å². The highest BCUT2D eigenvalue weighted by Gasteiger charge is 2.21. The van der Waals surface area contributed by atoms with Gasteiger partial charge in [-0.15, -0.1) is 0 Å². The lowest BCUT2D eigenvalue weighted by molar-refractivity contribution is 0.0731. The minimum atomic E-state index is -0.387. The number of pyridine rings is 1. The molecule has 39 heavy (non-hydrogen) atoms. The number of aromatic amines is 1. The molecule has 0 saturated heterocycles. The van der Waals surface area contributed by atoms with Crippen LogP contribution >= 0.6 is 0 Å². The number of hydrogen-bond donors (Lipinski definition) is 2. The normalized spacial score (nSPS) is 11.0. The van der Waals surface area contributed by atoms with E-state index in [-0.39, 0.29) is 23.5 Å². The van der Waals surface area contributed by atoms with Gasteiger partial charge in [-0.05, 0) is 34.7 Å². The van der Waals surface area contributed by atoms with Gasteiger partial charge in [0.15, 0.2) is 0 Å². The molecule has 0 atom stereocenters. The average Bonchev–Trinajstić information content (AvgIpc) is 3.40. The van der Waals surface area contributed by atoms with Crippen LogP contribution < -0.4 is 5.32 Å². The van der Waals surface area contributed by atoms with Crippen LogP contribution in [-0.2, 0) is 13.1 Å². The van der Waals surface area contributed by atoms with Crippen LogP contribution in [-0.4, -0.2) is 31.7 Å². The Balaban J connectivity index is 1.29. The average molecular weight is 512 g/mol. The number of H-pyrrole nitrogens is 1. The molecule has 0 aliphatic rings. The van der Waals surface area contributed by atoms with E-state index in [1.165, 1.54) is 0 Å². The first kappa shape index (κ1) is 24.1. The van der Waals surface area contributed by atoms with Crippen molar-refractivity contribution in [2.75, 3.05) is 5.32 Å². The van der Waals surface area contributed by atoms with Gasteiger partial charge in [0.25, 0.3) is 11.8 Å². The quantitative estimate of drug-likeness (QED) is 0.267. The second-order valence-electron chi connectivity index (χ2n) is 9.29. The molecule has 0 saturated carbocycles. The Morgan fingerprint density at radius 2 is 1.38 bits per heavy atom. The van der Waals surface area contributed by atoms with Gasteiger partial charge >= 0.3 is 0 Å². The van der Waals surface area contributed by atoms with Gasteiger partial charge in [0.1, 0.15) is 11.2 Å². The van der Waals surface area contributed by atoms with Crippen molar-refractivity contribution in [2.24, 2.45) is 0 Å². The highest BCUT2D eigenvalue weighted by molar-refractivity contribution is 6.07. The first-order valence-electron chi connectivity index (χ1n) is 12.7. The third-order valence-corrected chi connectivity index (χ3v) is 6.56. The summed E-state index contributed by atoms with van der Waals surface area (Å²) < 4.78 is 0. The molecule has 6 rings (SSSR count). The predicted octanol–water partition coefficient (Wildman–Crippen LogP) is 6.21. The smallest absolute Gasteiger partial charge is 0.276 e. The van der Waals surface area contributed by atoms with Crippen LogP contribution in [0.15, 0.2) is 115 Å². The molecule has 0 unspecified atom stereocenters. The predicted molar refractivity (Wildman–Crippen MR) is 152 cm³/mol. The Morgan fingerprint density at radius 3 is 2.08 bits per heavy atom. The Kier molecular flexibility index (Phi) is 6.53. The van der Waals surface area contributed by atoms with Gasteiger partial charge in [-0.1, -0.05) is 91.0 Å². The number of amides is 2. The molecule has 2 N–H and O–H groups in total. The summed E-state index contributed by atoms with van der Waals surface area (Å²) in [6.07, 6.45) is 1.67. The largest absolute Gasteiger partial charge is 0.330 e. The van der Waals surface area contributed by atoms with Crippen molar-refractivity contribution in [3.8, 4) is 0 Å². The van der Waals surface area contributed by atoms with E-state index in [0.717, 1.165) is 21.9 Å². The van der Waals surface area contributed by atoms with E-state index in [0.29, 0.717) is 29.7 Å². The number of carbonyl (C=O) groups excluding carboxylic acids is 2. The molecule has 2 aromatic heterocycles. The van der Waals surface area contributed by atoms with E-state index in [4.69, 9.17) is 0 Å². The van der Waals surface area contributed by atoms with Gasteiger partial charge < -0.3 is 9.88 Å². The zero-order valence-electron chi connectivity index (χ0n) is 21.0. The molecular formula is C32H25N5O2. The van der Waals surface area contributed by atoms with Crippen LogP contribution in [0.25, 0.3) is 21.8 Å². The van der Waals surface area contributed by atoms with Crippen LogP contribution in [0.1, 0.15) is 32.0 Å². The zero-order valence-corrected chi connectivity index (χ0v) is 21.0. The maximum atomic E-state index is 13.9. The van der Waals surface area contributed by atoms with Crippen molar-refractivity contribution in [3.63, 3.8) is 0 Å². The van der Waals surface area contributed by atoms with E-state index in [9.17, 15) is 9.59 Å².